The van der Waals surface area contributed by atoms with Crippen LogP contribution < -0.4 is 0 Å². The molecule has 0 unspecified atom stereocenters. The largest absolute Gasteiger partial charge is 0.466 e. The number of fused-ring (bicyclic) bond motifs is 4. The fraction of sp³-hybridized carbons (Fsp3) is 0.700. The van der Waals surface area contributed by atoms with Crippen LogP contribution in [0, 0.1) is 5.92 Å². The molecule has 3 rings (SSSR count). The maximum atomic E-state index is 13.8. The Morgan fingerprint density at radius 3 is 2.68 bits per heavy atom. The Morgan fingerprint density at radius 1 is 1.13 bits per heavy atom. The highest BCUT2D eigenvalue weighted by Gasteiger charge is 2.43. The number of carbonyl (C=O) groups is 3. The second-order valence-corrected chi connectivity index (χ2v) is 17.7. The summed E-state index contributed by atoms with van der Waals surface area (Å²) in [6.45, 7) is 10.3. The van der Waals surface area contributed by atoms with Crippen LogP contribution in [0.3, 0.4) is 0 Å². The lowest BCUT2D eigenvalue weighted by molar-refractivity contribution is -0.156. The number of rotatable bonds is 7. The van der Waals surface area contributed by atoms with Crippen LogP contribution in [-0.2, 0) is 41.6 Å². The van der Waals surface area contributed by atoms with Crippen molar-refractivity contribution in [1.82, 2.24) is 4.90 Å². The first kappa shape index (κ1) is 30.3. The Kier molecular flexibility index (Phi) is 11.8. The Bertz CT molecular complexity index is 930. The zero-order chi connectivity index (χ0) is 27.5. The third-order valence-corrected chi connectivity index (χ3v) is 9.14. The van der Waals surface area contributed by atoms with E-state index in [9.17, 15) is 14.4 Å². The van der Waals surface area contributed by atoms with Gasteiger partial charge in [-0.1, -0.05) is 63.7 Å². The van der Waals surface area contributed by atoms with Crippen LogP contribution in [0.1, 0.15) is 69.4 Å². The SMILES string of the molecule is CCCC[C@@H]1CC(=O)OCCCCCc2cccc(c2)CO[C@@H]2C[C@@H](C(=O)OCC[Si](C)(C)C)N(C2)C1=O. The second-order valence-electron chi connectivity index (χ2n) is 12.0. The molecule has 0 saturated carbocycles. The van der Waals surface area contributed by atoms with Crippen molar-refractivity contribution in [2.75, 3.05) is 19.8 Å². The maximum Gasteiger partial charge on any atom is 0.328 e. The topological polar surface area (TPSA) is 82.1 Å². The van der Waals surface area contributed by atoms with Gasteiger partial charge in [-0.3, -0.25) is 9.59 Å². The average molecular weight is 546 g/mol. The van der Waals surface area contributed by atoms with E-state index in [1.165, 1.54) is 5.56 Å². The molecule has 3 atom stereocenters. The fourth-order valence-corrected chi connectivity index (χ4v) is 5.79. The normalized spacial score (nSPS) is 23.9. The number of benzene rings is 1. The number of esters is 2. The minimum Gasteiger partial charge on any atom is -0.466 e. The van der Waals surface area contributed by atoms with Gasteiger partial charge >= 0.3 is 11.9 Å². The van der Waals surface area contributed by atoms with Gasteiger partial charge in [-0.15, -0.1) is 0 Å². The van der Waals surface area contributed by atoms with Crippen molar-refractivity contribution in [2.24, 2.45) is 5.92 Å². The summed E-state index contributed by atoms with van der Waals surface area (Å²) in [5.74, 6) is -1.38. The van der Waals surface area contributed by atoms with Crippen LogP contribution in [-0.4, -0.2) is 62.7 Å². The highest BCUT2D eigenvalue weighted by molar-refractivity contribution is 6.76. The van der Waals surface area contributed by atoms with Gasteiger partial charge in [-0.25, -0.2) is 4.79 Å². The molecule has 0 spiro atoms. The molecule has 0 aromatic heterocycles. The van der Waals surface area contributed by atoms with Crippen LogP contribution in [0.4, 0.5) is 0 Å². The van der Waals surface area contributed by atoms with Crippen LogP contribution in [0.5, 0.6) is 0 Å². The standard InChI is InChI=1S/C30H47NO6Si/c1-5-6-14-25-19-28(32)35-15-9-7-8-11-23-12-10-13-24(18-23)22-37-26-20-27(31(21-26)29(25)33)30(34)36-16-17-38(2,3)4/h10,12-13,18,25-27H,5-9,11,14-17,19-22H2,1-4H3/t25-,26-,27+/m1/s1. The number of cyclic esters (lactones) is 1. The quantitative estimate of drug-likeness (QED) is 0.331. The summed E-state index contributed by atoms with van der Waals surface area (Å²) in [5.41, 5.74) is 2.35. The molecule has 0 N–H and O–H groups in total. The molecule has 1 aromatic carbocycles. The third-order valence-electron chi connectivity index (χ3n) is 7.43. The van der Waals surface area contributed by atoms with Gasteiger partial charge in [-0.2, -0.15) is 0 Å². The lowest BCUT2D eigenvalue weighted by Crippen LogP contribution is -2.45. The molecule has 2 heterocycles. The Balaban J connectivity index is 1.80. The number of unbranched alkanes of at least 4 members (excludes halogenated alkanes) is 1. The van der Waals surface area contributed by atoms with E-state index in [1.807, 2.05) is 0 Å². The average Bonchev–Trinajstić information content (AvgIpc) is 3.30. The second kappa shape index (κ2) is 14.8. The minimum atomic E-state index is -1.37. The highest BCUT2D eigenvalue weighted by atomic mass is 28.3. The number of aryl methyl sites for hydroxylation is 1. The Labute approximate surface area is 229 Å². The molecule has 2 aliphatic heterocycles. The van der Waals surface area contributed by atoms with E-state index in [0.29, 0.717) is 39.2 Å². The Hall–Kier alpha value is -2.19. The predicted octanol–water partition coefficient (Wildman–Crippen LogP) is 5.52. The minimum absolute atomic E-state index is 0.0445. The third kappa shape index (κ3) is 9.84. The van der Waals surface area contributed by atoms with Gasteiger partial charge in [0, 0.05) is 27.0 Å². The van der Waals surface area contributed by atoms with Crippen molar-refractivity contribution in [3.8, 4) is 0 Å². The smallest absolute Gasteiger partial charge is 0.328 e. The van der Waals surface area contributed by atoms with E-state index < -0.39 is 20.0 Å². The molecule has 8 heteroatoms. The number of hydrogen-bond donors (Lipinski definition) is 0. The molecule has 7 nitrogen and oxygen atoms in total. The number of ether oxygens (including phenoxy) is 3. The van der Waals surface area contributed by atoms with Gasteiger partial charge in [0.1, 0.15) is 6.04 Å². The monoisotopic (exact) mass is 545 g/mol. The lowest BCUT2D eigenvalue weighted by Gasteiger charge is -2.27. The van der Waals surface area contributed by atoms with Crippen molar-refractivity contribution in [3.63, 3.8) is 0 Å². The molecule has 1 fully saturated rings. The fourth-order valence-electron chi connectivity index (χ4n) is 5.08. The molecule has 38 heavy (non-hydrogen) atoms. The first-order chi connectivity index (χ1) is 18.2. The van der Waals surface area contributed by atoms with Crippen LogP contribution >= 0.6 is 0 Å². The van der Waals surface area contributed by atoms with Gasteiger partial charge in [0.2, 0.25) is 5.91 Å². The molecule has 212 valence electrons. The van der Waals surface area contributed by atoms with Crippen LogP contribution in [0.15, 0.2) is 24.3 Å². The highest BCUT2D eigenvalue weighted by Crippen LogP contribution is 2.28. The number of nitrogens with zero attached hydrogens (tertiary/aromatic N) is 1. The molecule has 4 bridgehead atoms. The number of hydrogen-bond acceptors (Lipinski definition) is 6. The van der Waals surface area contributed by atoms with Gasteiger partial charge in [0.05, 0.1) is 32.3 Å². The molecule has 1 aromatic rings. The zero-order valence-corrected chi connectivity index (χ0v) is 24.8. The lowest BCUT2D eigenvalue weighted by atomic mass is 9.96. The van der Waals surface area contributed by atoms with Gasteiger partial charge in [0.25, 0.3) is 0 Å². The van der Waals surface area contributed by atoms with Crippen molar-refractivity contribution in [2.45, 2.75) is 109 Å². The van der Waals surface area contributed by atoms with E-state index in [2.05, 4.69) is 50.8 Å². The van der Waals surface area contributed by atoms with E-state index in [-0.39, 0.29) is 30.4 Å². The zero-order valence-electron chi connectivity index (χ0n) is 23.8. The molecule has 1 amide bonds. The molecule has 0 radical (unpaired) electrons. The van der Waals surface area contributed by atoms with Crippen molar-refractivity contribution in [3.05, 3.63) is 35.4 Å². The summed E-state index contributed by atoms with van der Waals surface area (Å²) in [6.07, 6.45) is 6.31. The number of carbonyl (C=O) groups excluding carboxylic acids is 3. The molecule has 0 aliphatic carbocycles. The summed E-state index contributed by atoms with van der Waals surface area (Å²) in [4.78, 5) is 41.3. The summed E-state index contributed by atoms with van der Waals surface area (Å²) in [5, 5.41) is 0. The van der Waals surface area contributed by atoms with E-state index in [0.717, 1.165) is 50.1 Å². The van der Waals surface area contributed by atoms with Gasteiger partial charge in [0.15, 0.2) is 0 Å². The molecular weight excluding hydrogens is 498 g/mol. The van der Waals surface area contributed by atoms with E-state index in [1.54, 1.807) is 4.90 Å². The Morgan fingerprint density at radius 2 is 1.92 bits per heavy atom. The van der Waals surface area contributed by atoms with Crippen molar-refractivity contribution >= 4 is 25.9 Å². The first-order valence-corrected chi connectivity index (χ1v) is 18.2. The van der Waals surface area contributed by atoms with Crippen LogP contribution in [0.25, 0.3) is 0 Å². The van der Waals surface area contributed by atoms with Crippen molar-refractivity contribution < 1.29 is 28.6 Å². The van der Waals surface area contributed by atoms with Gasteiger partial charge in [-0.05, 0) is 49.3 Å². The molecule has 1 saturated heterocycles. The predicted molar refractivity (Wildman–Crippen MR) is 150 cm³/mol. The first-order valence-electron chi connectivity index (χ1n) is 14.5. The van der Waals surface area contributed by atoms with Crippen LogP contribution in [0.2, 0.25) is 25.7 Å². The summed E-state index contributed by atoms with van der Waals surface area (Å²) in [6, 6.07) is 8.59. The maximum absolute atomic E-state index is 13.8. The summed E-state index contributed by atoms with van der Waals surface area (Å²) >= 11 is 0. The number of amides is 1. The van der Waals surface area contributed by atoms with Crippen molar-refractivity contribution in [1.29, 1.82) is 0 Å². The summed E-state index contributed by atoms with van der Waals surface area (Å²) in [7, 11) is -1.37. The van der Waals surface area contributed by atoms with E-state index >= 15 is 0 Å². The van der Waals surface area contributed by atoms with Gasteiger partial charge < -0.3 is 19.1 Å². The summed E-state index contributed by atoms with van der Waals surface area (Å²) < 4.78 is 17.4. The van der Waals surface area contributed by atoms with E-state index in [4.69, 9.17) is 14.2 Å². The molecular formula is C30H47NO6Si. The molecule has 2 aliphatic rings.